The minimum Gasteiger partial charge on any atom is -0.472 e. The number of aldehydes is 1. The number of fused-ring (bicyclic) bond motifs is 1. The highest BCUT2D eigenvalue weighted by molar-refractivity contribution is 5.77. The molecule has 0 N–H and O–H groups in total. The van der Waals surface area contributed by atoms with Crippen LogP contribution in [0.3, 0.4) is 0 Å². The summed E-state index contributed by atoms with van der Waals surface area (Å²) in [6, 6.07) is 7.23. The highest BCUT2D eigenvalue weighted by Gasteiger charge is 2.06. The summed E-state index contributed by atoms with van der Waals surface area (Å²) in [5.41, 5.74) is 2.22. The lowest BCUT2D eigenvalue weighted by atomic mass is 10.3. The number of rotatable bonds is 4. The minimum absolute atomic E-state index is 0.319. The van der Waals surface area contributed by atoms with Crippen molar-refractivity contribution in [2.45, 2.75) is 6.61 Å². The number of nitrogens with zero attached hydrogens (tertiary/aromatic N) is 3. The van der Waals surface area contributed by atoms with E-state index in [0.717, 1.165) is 17.5 Å². The third-order valence-electron chi connectivity index (χ3n) is 2.79. The van der Waals surface area contributed by atoms with Crippen molar-refractivity contribution in [3.05, 3.63) is 60.2 Å². The first-order chi connectivity index (χ1) is 9.38. The SMILES string of the molecule is O=Cc1cccnc1OCc1cccn2ccnc12. The van der Waals surface area contributed by atoms with Crippen molar-refractivity contribution in [3.63, 3.8) is 0 Å². The van der Waals surface area contributed by atoms with Gasteiger partial charge >= 0.3 is 0 Å². The van der Waals surface area contributed by atoms with Crippen molar-refractivity contribution < 1.29 is 9.53 Å². The van der Waals surface area contributed by atoms with Gasteiger partial charge in [0.25, 0.3) is 0 Å². The molecule has 3 heterocycles. The third kappa shape index (κ3) is 2.18. The molecule has 0 aromatic carbocycles. The van der Waals surface area contributed by atoms with Gasteiger partial charge in [-0.15, -0.1) is 0 Å². The molecule has 0 saturated carbocycles. The second-order valence-electron chi connectivity index (χ2n) is 4.00. The van der Waals surface area contributed by atoms with Gasteiger partial charge in [0.15, 0.2) is 6.29 Å². The molecule has 5 nitrogen and oxygen atoms in total. The van der Waals surface area contributed by atoms with Crippen molar-refractivity contribution in [1.82, 2.24) is 14.4 Å². The molecule has 0 amide bonds. The zero-order valence-electron chi connectivity index (χ0n) is 10.1. The van der Waals surface area contributed by atoms with Crippen LogP contribution in [-0.4, -0.2) is 20.7 Å². The van der Waals surface area contributed by atoms with Gasteiger partial charge in [-0.2, -0.15) is 0 Å². The Hall–Kier alpha value is -2.69. The molecule has 3 rings (SSSR count). The Morgan fingerprint density at radius 2 is 2.11 bits per heavy atom. The number of aromatic nitrogens is 3. The first-order valence-corrected chi connectivity index (χ1v) is 5.82. The van der Waals surface area contributed by atoms with Crippen molar-refractivity contribution in [2.24, 2.45) is 0 Å². The van der Waals surface area contributed by atoms with Crippen LogP contribution in [0.1, 0.15) is 15.9 Å². The molecular weight excluding hydrogens is 242 g/mol. The van der Waals surface area contributed by atoms with Crippen LogP contribution in [0, 0.1) is 0 Å². The summed E-state index contributed by atoms with van der Waals surface area (Å²) in [6.45, 7) is 0.319. The van der Waals surface area contributed by atoms with Gasteiger partial charge in [0.1, 0.15) is 12.3 Å². The largest absolute Gasteiger partial charge is 0.472 e. The predicted octanol–water partition coefficient (Wildman–Crippen LogP) is 2.12. The van der Waals surface area contributed by atoms with Crippen molar-refractivity contribution in [3.8, 4) is 5.88 Å². The highest BCUT2D eigenvalue weighted by atomic mass is 16.5. The normalized spacial score (nSPS) is 10.5. The Bertz CT molecular complexity index is 721. The van der Waals surface area contributed by atoms with E-state index in [-0.39, 0.29) is 0 Å². The fraction of sp³-hybridized carbons (Fsp3) is 0.0714. The van der Waals surface area contributed by atoms with Crippen molar-refractivity contribution in [1.29, 1.82) is 0 Å². The molecule has 0 atom stereocenters. The minimum atomic E-state index is 0.319. The lowest BCUT2D eigenvalue weighted by Crippen LogP contribution is -2.02. The zero-order valence-corrected chi connectivity index (χ0v) is 10.1. The van der Waals surface area contributed by atoms with Crippen LogP contribution in [0.5, 0.6) is 5.88 Å². The Balaban J connectivity index is 1.86. The van der Waals surface area contributed by atoms with E-state index in [1.165, 1.54) is 0 Å². The number of imidazole rings is 1. The molecule has 0 aliphatic heterocycles. The zero-order chi connectivity index (χ0) is 13.1. The second kappa shape index (κ2) is 4.89. The summed E-state index contributed by atoms with van der Waals surface area (Å²) >= 11 is 0. The summed E-state index contributed by atoms with van der Waals surface area (Å²) in [5.74, 6) is 0.339. The van der Waals surface area contributed by atoms with E-state index in [1.54, 1.807) is 24.5 Å². The van der Waals surface area contributed by atoms with Gasteiger partial charge in [0, 0.05) is 30.4 Å². The summed E-state index contributed by atoms with van der Waals surface area (Å²) in [5, 5.41) is 0. The molecule has 0 bridgehead atoms. The number of carbonyl (C=O) groups excluding carboxylic acids is 1. The van der Waals surface area contributed by atoms with Crippen LogP contribution in [0.4, 0.5) is 0 Å². The molecule has 0 spiro atoms. The van der Waals surface area contributed by atoms with Gasteiger partial charge in [0.2, 0.25) is 5.88 Å². The topological polar surface area (TPSA) is 56.5 Å². The number of ether oxygens (including phenoxy) is 1. The van der Waals surface area contributed by atoms with Gasteiger partial charge in [-0.3, -0.25) is 4.79 Å². The first-order valence-electron chi connectivity index (χ1n) is 5.82. The first kappa shape index (κ1) is 11.4. The van der Waals surface area contributed by atoms with Gasteiger partial charge in [0.05, 0.1) is 5.56 Å². The Kier molecular flexibility index (Phi) is 2.94. The predicted molar refractivity (Wildman–Crippen MR) is 69.1 cm³/mol. The maximum absolute atomic E-state index is 10.9. The Morgan fingerprint density at radius 1 is 1.16 bits per heavy atom. The quantitative estimate of drug-likeness (QED) is 0.668. The molecular formula is C14H11N3O2. The number of pyridine rings is 2. The van der Waals surface area contributed by atoms with Gasteiger partial charge in [-0.05, 0) is 18.2 Å². The fourth-order valence-corrected chi connectivity index (χ4v) is 1.88. The van der Waals surface area contributed by atoms with E-state index in [4.69, 9.17) is 4.74 Å². The monoisotopic (exact) mass is 253 g/mol. The van der Waals surface area contributed by atoms with E-state index >= 15 is 0 Å². The van der Waals surface area contributed by atoms with Gasteiger partial charge < -0.3 is 9.14 Å². The van der Waals surface area contributed by atoms with Gasteiger partial charge in [-0.25, -0.2) is 9.97 Å². The summed E-state index contributed by atoms with van der Waals surface area (Å²) in [4.78, 5) is 19.2. The highest BCUT2D eigenvalue weighted by Crippen LogP contribution is 2.15. The molecule has 5 heteroatoms. The standard InChI is InChI=1S/C14H11N3O2/c18-9-11-3-1-5-16-14(11)19-10-12-4-2-7-17-8-6-15-13(12)17/h1-9H,10H2. The van der Waals surface area contributed by atoms with Crippen LogP contribution in [0.2, 0.25) is 0 Å². The van der Waals surface area contributed by atoms with E-state index < -0.39 is 0 Å². The van der Waals surface area contributed by atoms with Crippen LogP contribution in [0.15, 0.2) is 49.1 Å². The molecule has 0 aliphatic carbocycles. The molecule has 94 valence electrons. The molecule has 0 unspecified atom stereocenters. The number of hydrogen-bond donors (Lipinski definition) is 0. The molecule has 3 aromatic rings. The maximum Gasteiger partial charge on any atom is 0.224 e. The van der Waals surface area contributed by atoms with Crippen LogP contribution in [0.25, 0.3) is 5.65 Å². The smallest absolute Gasteiger partial charge is 0.224 e. The Labute approximate surface area is 109 Å². The molecule has 19 heavy (non-hydrogen) atoms. The van der Waals surface area contributed by atoms with Crippen LogP contribution >= 0.6 is 0 Å². The summed E-state index contributed by atoms with van der Waals surface area (Å²) in [7, 11) is 0. The van der Waals surface area contributed by atoms with E-state index in [1.807, 2.05) is 28.9 Å². The van der Waals surface area contributed by atoms with E-state index in [2.05, 4.69) is 9.97 Å². The average molecular weight is 253 g/mol. The summed E-state index contributed by atoms with van der Waals surface area (Å²) in [6.07, 6.45) is 7.85. The van der Waals surface area contributed by atoms with Gasteiger partial charge in [-0.1, -0.05) is 6.07 Å². The number of hydrogen-bond acceptors (Lipinski definition) is 4. The van der Waals surface area contributed by atoms with E-state index in [0.29, 0.717) is 18.1 Å². The maximum atomic E-state index is 10.9. The van der Waals surface area contributed by atoms with E-state index in [9.17, 15) is 4.79 Å². The average Bonchev–Trinajstić information content (AvgIpc) is 2.94. The number of carbonyl (C=O) groups is 1. The molecule has 0 aliphatic rings. The lowest BCUT2D eigenvalue weighted by molar-refractivity contribution is 0.111. The summed E-state index contributed by atoms with van der Waals surface area (Å²) < 4.78 is 7.51. The van der Waals surface area contributed by atoms with Crippen LogP contribution in [-0.2, 0) is 6.61 Å². The second-order valence-corrected chi connectivity index (χ2v) is 4.00. The molecule has 3 aromatic heterocycles. The molecule has 0 saturated heterocycles. The van der Waals surface area contributed by atoms with Crippen molar-refractivity contribution >= 4 is 11.9 Å². The lowest BCUT2D eigenvalue weighted by Gasteiger charge is -2.07. The van der Waals surface area contributed by atoms with Crippen LogP contribution < -0.4 is 4.74 Å². The Morgan fingerprint density at radius 3 is 3.00 bits per heavy atom. The van der Waals surface area contributed by atoms with Crippen molar-refractivity contribution in [2.75, 3.05) is 0 Å². The molecule has 0 fully saturated rings. The fourth-order valence-electron chi connectivity index (χ4n) is 1.88. The third-order valence-corrected chi connectivity index (χ3v) is 2.79. The molecule has 0 radical (unpaired) electrons.